The molecule has 0 aromatic carbocycles. The van der Waals surface area contributed by atoms with Crippen molar-refractivity contribution in [3.8, 4) is 0 Å². The molecule has 4 aliphatic heterocycles. The van der Waals surface area contributed by atoms with Crippen molar-refractivity contribution in [2.75, 3.05) is 28.2 Å². The Hall–Kier alpha value is -2.28. The number of nitrogens with zero attached hydrogens (tertiary/aromatic N) is 4. The zero-order chi connectivity index (χ0) is 65.0. The normalized spacial score (nSPS) is 23.4. The van der Waals surface area contributed by atoms with Crippen LogP contribution in [0.2, 0.25) is 0 Å². The van der Waals surface area contributed by atoms with E-state index in [1.54, 1.807) is 0 Å². The minimum atomic E-state index is -2.88. The van der Waals surface area contributed by atoms with Crippen LogP contribution in [0.1, 0.15) is 337 Å². The third-order valence-electron chi connectivity index (χ3n) is 23.2. The van der Waals surface area contributed by atoms with E-state index in [4.69, 9.17) is 18.9 Å². The average Bonchev–Trinajstić information content (AvgIpc) is 0.777. The van der Waals surface area contributed by atoms with Gasteiger partial charge in [-0.05, 0) is 157 Å². The molecule has 4 saturated heterocycles. The molecule has 4 fully saturated rings. The molecule has 0 N–H and O–H groups in total. The summed E-state index contributed by atoms with van der Waals surface area (Å²) in [6.07, 6.45) is 27.5. The van der Waals surface area contributed by atoms with Crippen LogP contribution < -0.4 is 0 Å². The first kappa shape index (κ1) is 76.2. The molecular weight excluding hydrogens is 1070 g/mol. The molecular formula is C74H138N4O8. The van der Waals surface area contributed by atoms with Gasteiger partial charge in [0.05, 0.1) is 0 Å². The van der Waals surface area contributed by atoms with E-state index in [0.717, 1.165) is 51.4 Å². The van der Waals surface area contributed by atoms with Gasteiger partial charge in [0.2, 0.25) is 0 Å². The third kappa shape index (κ3) is 19.9. The molecule has 4 rings (SSSR count). The highest BCUT2D eigenvalue weighted by molar-refractivity contribution is 6.21. The molecule has 0 spiro atoms. The summed E-state index contributed by atoms with van der Waals surface area (Å²) in [6, 6.07) is 0. The highest BCUT2D eigenvalue weighted by Gasteiger charge is 2.71. The molecule has 4 heterocycles. The minimum absolute atomic E-state index is 0.361. The molecule has 502 valence electrons. The van der Waals surface area contributed by atoms with Crippen LogP contribution in [0.15, 0.2) is 0 Å². The SMILES string of the molecule is CCCCCCCCCCCCCC(C)(CCCCCCCCCCCCC)C(C(=O)OC1CC(C)(C)N(C)C(C)(C)C1)C(C(=O)OC1CC(C)(C)N(C)C(C)(C)C1)(C(=O)OC1CC(C)(C)N(C)C(C)(C)C1)C(=O)OC1CC(C)(C)N(C)C(C)(C)C1. The topological polar surface area (TPSA) is 118 Å². The lowest BCUT2D eigenvalue weighted by Gasteiger charge is -2.55. The van der Waals surface area contributed by atoms with Crippen LogP contribution in [0, 0.1) is 16.7 Å². The van der Waals surface area contributed by atoms with Crippen molar-refractivity contribution in [2.45, 2.75) is 406 Å². The van der Waals surface area contributed by atoms with Crippen LogP contribution in [0.5, 0.6) is 0 Å². The lowest BCUT2D eigenvalue weighted by molar-refractivity contribution is -0.216. The van der Waals surface area contributed by atoms with Crippen LogP contribution in [0.3, 0.4) is 0 Å². The highest BCUT2D eigenvalue weighted by Crippen LogP contribution is 2.54. The second-order valence-electron chi connectivity index (χ2n) is 34.0. The zero-order valence-corrected chi connectivity index (χ0v) is 60.6. The number of piperidine rings is 4. The lowest BCUT2D eigenvalue weighted by Crippen LogP contribution is -2.66. The number of hydrogen-bond donors (Lipinski definition) is 0. The number of esters is 4. The van der Waals surface area contributed by atoms with Crippen molar-refractivity contribution in [2.24, 2.45) is 16.7 Å². The van der Waals surface area contributed by atoms with Gasteiger partial charge in [-0.3, -0.25) is 38.8 Å². The molecule has 12 nitrogen and oxygen atoms in total. The van der Waals surface area contributed by atoms with Crippen LogP contribution in [-0.2, 0) is 38.1 Å². The van der Waals surface area contributed by atoms with Gasteiger partial charge in [-0.1, -0.05) is 162 Å². The number of hydrogen-bond acceptors (Lipinski definition) is 12. The first-order chi connectivity index (χ1) is 39.7. The maximum absolute atomic E-state index is 17.0. The molecule has 0 amide bonds. The Morgan fingerprint density at radius 3 is 0.733 bits per heavy atom. The Kier molecular flexibility index (Phi) is 27.8. The fourth-order valence-electron chi connectivity index (χ4n) is 16.8. The van der Waals surface area contributed by atoms with Crippen LogP contribution in [0.4, 0.5) is 0 Å². The summed E-state index contributed by atoms with van der Waals surface area (Å²) in [7, 11) is 8.46. The van der Waals surface area contributed by atoms with Crippen molar-refractivity contribution < 1.29 is 38.1 Å². The molecule has 1 atom stereocenters. The monoisotopic (exact) mass is 1210 g/mol. The minimum Gasteiger partial charge on any atom is -0.462 e. The quantitative estimate of drug-likeness (QED) is 0.0264. The van der Waals surface area contributed by atoms with Crippen molar-refractivity contribution in [3.63, 3.8) is 0 Å². The second-order valence-corrected chi connectivity index (χ2v) is 34.0. The first-order valence-electron chi connectivity index (χ1n) is 35.5. The summed E-state index contributed by atoms with van der Waals surface area (Å²) in [4.78, 5) is 77.2. The number of likely N-dealkylation sites (tertiary alicyclic amines) is 4. The zero-order valence-electron chi connectivity index (χ0n) is 60.6. The van der Waals surface area contributed by atoms with Crippen molar-refractivity contribution in [1.82, 2.24) is 19.6 Å². The molecule has 1 unspecified atom stereocenters. The van der Waals surface area contributed by atoms with E-state index in [2.05, 4.69) is 179 Å². The van der Waals surface area contributed by atoms with Gasteiger partial charge in [0.15, 0.2) is 0 Å². The standard InChI is InChI=1S/C74H138N4O8/c1-24-26-28-30-32-34-36-38-40-42-44-46-73(19,47-45-43-41-39-37-35-33-31-29-27-25-2)60(61(79)83-56-48-65(3,4)75(20)66(5,6)49-56)74(62(80)84-57-50-67(7,8)76(21)68(9,10)51-57,63(81)85-58-52-69(11,12)77(22)70(13,14)53-58)64(82)86-59-54-71(15,16)78(23)72(17,18)55-59/h56-60H,24-55H2,1-23H3. The van der Waals surface area contributed by atoms with Gasteiger partial charge in [-0.15, -0.1) is 0 Å². The number of carbonyl (C=O) groups excluding carboxylic acids is 4. The molecule has 0 bridgehead atoms. The van der Waals surface area contributed by atoms with E-state index in [0.29, 0.717) is 64.2 Å². The van der Waals surface area contributed by atoms with Gasteiger partial charge in [0, 0.05) is 95.7 Å². The fraction of sp³-hybridized carbons (Fsp3) is 0.946. The summed E-state index contributed by atoms with van der Waals surface area (Å²) in [6.45, 7) is 41.2. The first-order valence-corrected chi connectivity index (χ1v) is 35.5. The van der Waals surface area contributed by atoms with Gasteiger partial charge in [0.25, 0.3) is 5.41 Å². The van der Waals surface area contributed by atoms with Gasteiger partial charge in [0.1, 0.15) is 30.3 Å². The molecule has 0 aromatic heterocycles. The Bertz CT molecular complexity index is 1890. The predicted octanol–water partition coefficient (Wildman–Crippen LogP) is 17.8. The van der Waals surface area contributed by atoms with E-state index < -0.39 is 98.3 Å². The van der Waals surface area contributed by atoms with E-state index >= 15 is 19.2 Å². The maximum atomic E-state index is 17.0. The summed E-state index contributed by atoms with van der Waals surface area (Å²) >= 11 is 0. The fourth-order valence-corrected chi connectivity index (χ4v) is 16.8. The molecule has 4 aliphatic rings. The van der Waals surface area contributed by atoms with E-state index in [1.807, 2.05) is 0 Å². The highest BCUT2D eigenvalue weighted by atomic mass is 16.6. The predicted molar refractivity (Wildman–Crippen MR) is 356 cm³/mol. The molecule has 86 heavy (non-hydrogen) atoms. The van der Waals surface area contributed by atoms with Crippen LogP contribution in [-0.4, -0.2) is 140 Å². The Balaban J connectivity index is 2.04. The van der Waals surface area contributed by atoms with Crippen molar-refractivity contribution >= 4 is 23.9 Å². The van der Waals surface area contributed by atoms with Gasteiger partial charge >= 0.3 is 23.9 Å². The number of unbranched alkanes of at least 4 members (excludes halogenated alkanes) is 20. The third-order valence-corrected chi connectivity index (χ3v) is 23.2. The summed E-state index contributed by atoms with van der Waals surface area (Å²) in [5.74, 6) is -5.46. The largest absolute Gasteiger partial charge is 0.462 e. The Labute approximate surface area is 529 Å². The molecule has 0 radical (unpaired) electrons. The molecule has 0 aromatic rings. The Morgan fingerprint density at radius 2 is 0.523 bits per heavy atom. The maximum Gasteiger partial charge on any atom is 0.336 e. The van der Waals surface area contributed by atoms with Crippen LogP contribution in [0.25, 0.3) is 0 Å². The van der Waals surface area contributed by atoms with Crippen molar-refractivity contribution in [3.05, 3.63) is 0 Å². The molecule has 0 saturated carbocycles. The summed E-state index contributed by atoms with van der Waals surface area (Å²) < 4.78 is 28.1. The summed E-state index contributed by atoms with van der Waals surface area (Å²) in [5, 5.41) is 0. The number of ether oxygens (including phenoxy) is 4. The Morgan fingerprint density at radius 1 is 0.337 bits per heavy atom. The number of carbonyl (C=O) groups is 4. The smallest absolute Gasteiger partial charge is 0.336 e. The van der Waals surface area contributed by atoms with E-state index in [-0.39, 0.29) is 11.1 Å². The lowest BCUT2D eigenvalue weighted by atomic mass is 9.58. The second kappa shape index (κ2) is 31.4. The van der Waals surface area contributed by atoms with Gasteiger partial charge in [-0.25, -0.2) is 0 Å². The van der Waals surface area contributed by atoms with Crippen molar-refractivity contribution in [1.29, 1.82) is 0 Å². The number of rotatable bonds is 34. The van der Waals surface area contributed by atoms with E-state index in [1.165, 1.54) is 89.9 Å². The molecule has 0 aliphatic carbocycles. The van der Waals surface area contributed by atoms with Gasteiger partial charge < -0.3 is 18.9 Å². The molecule has 12 heteroatoms. The van der Waals surface area contributed by atoms with Crippen LogP contribution >= 0.6 is 0 Å². The summed E-state index contributed by atoms with van der Waals surface area (Å²) in [5.41, 5.74) is -7.24. The average molecular weight is 1210 g/mol. The van der Waals surface area contributed by atoms with Gasteiger partial charge in [-0.2, -0.15) is 0 Å². The van der Waals surface area contributed by atoms with E-state index in [9.17, 15) is 0 Å².